The van der Waals surface area contributed by atoms with Crippen LogP contribution < -0.4 is 5.73 Å². The van der Waals surface area contributed by atoms with E-state index >= 15 is 0 Å². The van der Waals surface area contributed by atoms with Gasteiger partial charge < -0.3 is 15.8 Å². The Kier molecular flexibility index (Phi) is 2.23. The Balaban J connectivity index is 2.19. The zero-order valence-corrected chi connectivity index (χ0v) is 9.94. The molecule has 3 aromatic rings. The number of hydrogen-bond donors (Lipinski definition) is 3. The molecule has 1 heterocycles. The Morgan fingerprint density at radius 2 is 2.06 bits per heavy atom. The van der Waals surface area contributed by atoms with Gasteiger partial charge in [0.2, 0.25) is 0 Å². The number of anilines is 1. The molecule has 1 aromatic heterocycles. The number of hydrogen-bond acceptors (Lipinski definition) is 3. The molecule has 2 aromatic carbocycles. The molecule has 0 radical (unpaired) electrons. The highest BCUT2D eigenvalue weighted by atomic mass is 16.3. The first kappa shape index (κ1) is 10.7. The summed E-state index contributed by atoms with van der Waals surface area (Å²) in [6.45, 7) is 2.03. The van der Waals surface area contributed by atoms with Crippen LogP contribution in [0.2, 0.25) is 0 Å². The van der Waals surface area contributed by atoms with Crippen LogP contribution in [0.5, 0.6) is 5.75 Å². The van der Waals surface area contributed by atoms with Crippen LogP contribution in [-0.2, 0) is 0 Å². The van der Waals surface area contributed by atoms with Gasteiger partial charge in [-0.15, -0.1) is 0 Å². The molecule has 0 fully saturated rings. The van der Waals surface area contributed by atoms with E-state index in [1.54, 1.807) is 18.2 Å². The van der Waals surface area contributed by atoms with E-state index in [0.717, 1.165) is 28.0 Å². The molecule has 90 valence electrons. The largest absolute Gasteiger partial charge is 0.506 e. The maximum Gasteiger partial charge on any atom is 0.138 e. The van der Waals surface area contributed by atoms with Gasteiger partial charge in [0.25, 0.3) is 0 Å². The Morgan fingerprint density at radius 1 is 1.22 bits per heavy atom. The lowest BCUT2D eigenvalue weighted by molar-refractivity contribution is 0.478. The predicted octanol–water partition coefficient (Wildman–Crippen LogP) is 2.83. The monoisotopic (exact) mass is 239 g/mol. The minimum atomic E-state index is 0.0889. The van der Waals surface area contributed by atoms with Crippen LogP contribution in [0.3, 0.4) is 0 Å². The van der Waals surface area contributed by atoms with E-state index in [9.17, 15) is 5.11 Å². The summed E-state index contributed by atoms with van der Waals surface area (Å²) in [7, 11) is 0. The minimum Gasteiger partial charge on any atom is -0.506 e. The van der Waals surface area contributed by atoms with Crippen LogP contribution in [0.4, 0.5) is 5.69 Å². The normalized spacial score (nSPS) is 10.9. The molecule has 0 amide bonds. The molecule has 0 atom stereocenters. The SMILES string of the molecule is Cc1cccc2[nH]c(-c3ccc(O)c(N)c3)nc12. The fourth-order valence-electron chi connectivity index (χ4n) is 2.01. The number of aromatic hydroxyl groups is 1. The van der Waals surface area contributed by atoms with Crippen LogP contribution in [0, 0.1) is 6.92 Å². The van der Waals surface area contributed by atoms with Crippen molar-refractivity contribution in [1.29, 1.82) is 0 Å². The van der Waals surface area contributed by atoms with Crippen molar-refractivity contribution in [2.24, 2.45) is 0 Å². The molecule has 0 saturated heterocycles. The van der Waals surface area contributed by atoms with Crippen molar-refractivity contribution in [3.05, 3.63) is 42.0 Å². The second-order valence-corrected chi connectivity index (χ2v) is 4.33. The standard InChI is InChI=1S/C14H13N3O/c1-8-3-2-4-11-13(8)17-14(16-11)9-5-6-12(18)10(15)7-9/h2-7,18H,15H2,1H3,(H,16,17). The molecule has 0 saturated carbocycles. The van der Waals surface area contributed by atoms with E-state index < -0.39 is 0 Å². The van der Waals surface area contributed by atoms with Gasteiger partial charge in [0.15, 0.2) is 0 Å². The van der Waals surface area contributed by atoms with Crippen molar-refractivity contribution in [2.75, 3.05) is 5.73 Å². The number of phenols is 1. The summed E-state index contributed by atoms with van der Waals surface area (Å²) in [6, 6.07) is 11.1. The lowest BCUT2D eigenvalue weighted by Crippen LogP contribution is -1.87. The number of nitrogens with zero attached hydrogens (tertiary/aromatic N) is 1. The van der Waals surface area contributed by atoms with Crippen LogP contribution in [0.1, 0.15) is 5.56 Å². The first-order chi connectivity index (χ1) is 8.65. The summed E-state index contributed by atoms with van der Waals surface area (Å²) in [5.41, 5.74) is 9.99. The molecule has 0 aliphatic heterocycles. The number of aryl methyl sites for hydroxylation is 1. The summed E-state index contributed by atoms with van der Waals surface area (Å²) < 4.78 is 0. The van der Waals surface area contributed by atoms with Crippen molar-refractivity contribution >= 4 is 16.7 Å². The molecule has 0 unspecified atom stereocenters. The van der Waals surface area contributed by atoms with Gasteiger partial charge in [0.1, 0.15) is 11.6 Å². The zero-order chi connectivity index (χ0) is 12.7. The second kappa shape index (κ2) is 3.77. The van der Waals surface area contributed by atoms with E-state index in [-0.39, 0.29) is 5.75 Å². The van der Waals surface area contributed by atoms with Gasteiger partial charge in [-0.25, -0.2) is 4.98 Å². The summed E-state index contributed by atoms with van der Waals surface area (Å²) in [4.78, 5) is 7.81. The van der Waals surface area contributed by atoms with E-state index in [0.29, 0.717) is 5.69 Å². The zero-order valence-electron chi connectivity index (χ0n) is 9.94. The third-order valence-electron chi connectivity index (χ3n) is 3.02. The molecular weight excluding hydrogens is 226 g/mol. The predicted molar refractivity (Wildman–Crippen MR) is 72.3 cm³/mol. The Bertz CT molecular complexity index is 731. The Labute approximate surface area is 104 Å². The van der Waals surface area contributed by atoms with Crippen molar-refractivity contribution in [1.82, 2.24) is 9.97 Å². The van der Waals surface area contributed by atoms with E-state index in [2.05, 4.69) is 9.97 Å². The number of fused-ring (bicyclic) bond motifs is 1. The number of aromatic nitrogens is 2. The first-order valence-electron chi connectivity index (χ1n) is 5.69. The summed E-state index contributed by atoms with van der Waals surface area (Å²) in [5.74, 6) is 0.844. The first-order valence-corrected chi connectivity index (χ1v) is 5.69. The highest BCUT2D eigenvalue weighted by Crippen LogP contribution is 2.27. The molecule has 18 heavy (non-hydrogen) atoms. The number of imidazole rings is 1. The lowest BCUT2D eigenvalue weighted by atomic mass is 10.2. The van der Waals surface area contributed by atoms with Gasteiger partial charge in [0, 0.05) is 5.56 Å². The summed E-state index contributed by atoms with van der Waals surface area (Å²) in [5, 5.41) is 9.42. The quantitative estimate of drug-likeness (QED) is 0.451. The average Bonchev–Trinajstić information content (AvgIpc) is 2.78. The molecule has 0 bridgehead atoms. The highest BCUT2D eigenvalue weighted by molar-refractivity contribution is 5.82. The van der Waals surface area contributed by atoms with Gasteiger partial charge in [-0.05, 0) is 36.8 Å². The number of rotatable bonds is 1. The van der Waals surface area contributed by atoms with Crippen LogP contribution >= 0.6 is 0 Å². The van der Waals surface area contributed by atoms with Crippen LogP contribution in [-0.4, -0.2) is 15.1 Å². The topological polar surface area (TPSA) is 74.9 Å². The number of H-pyrrole nitrogens is 1. The van der Waals surface area contributed by atoms with Crippen molar-refractivity contribution < 1.29 is 5.11 Å². The van der Waals surface area contributed by atoms with Gasteiger partial charge in [-0.1, -0.05) is 12.1 Å². The second-order valence-electron chi connectivity index (χ2n) is 4.33. The lowest BCUT2D eigenvalue weighted by Gasteiger charge is -2.00. The maximum absolute atomic E-state index is 9.42. The molecule has 3 rings (SSSR count). The van der Waals surface area contributed by atoms with Crippen molar-refractivity contribution in [2.45, 2.75) is 6.92 Å². The van der Waals surface area contributed by atoms with Crippen molar-refractivity contribution in [3.8, 4) is 17.1 Å². The number of para-hydroxylation sites is 1. The van der Waals surface area contributed by atoms with Gasteiger partial charge >= 0.3 is 0 Å². The number of phenolic OH excluding ortho intramolecular Hbond substituents is 1. The number of benzene rings is 2. The Hall–Kier alpha value is -2.49. The Morgan fingerprint density at radius 3 is 2.78 bits per heavy atom. The van der Waals surface area contributed by atoms with Crippen molar-refractivity contribution in [3.63, 3.8) is 0 Å². The molecule has 0 aliphatic carbocycles. The van der Waals surface area contributed by atoms with Gasteiger partial charge in [0.05, 0.1) is 16.7 Å². The average molecular weight is 239 g/mol. The van der Waals surface area contributed by atoms with Gasteiger partial charge in [-0.3, -0.25) is 0 Å². The smallest absolute Gasteiger partial charge is 0.138 e. The molecular formula is C14H13N3O. The fraction of sp³-hybridized carbons (Fsp3) is 0.0714. The molecule has 4 nitrogen and oxygen atoms in total. The molecule has 4 heteroatoms. The van der Waals surface area contributed by atoms with Crippen LogP contribution in [0.25, 0.3) is 22.4 Å². The third kappa shape index (κ3) is 1.59. The maximum atomic E-state index is 9.42. The number of nitrogens with one attached hydrogen (secondary N) is 1. The molecule has 0 spiro atoms. The van der Waals surface area contributed by atoms with Crippen LogP contribution in [0.15, 0.2) is 36.4 Å². The van der Waals surface area contributed by atoms with E-state index in [4.69, 9.17) is 5.73 Å². The summed E-state index contributed by atoms with van der Waals surface area (Å²) >= 11 is 0. The number of aromatic amines is 1. The highest BCUT2D eigenvalue weighted by Gasteiger charge is 2.08. The third-order valence-corrected chi connectivity index (χ3v) is 3.02. The number of nitrogens with two attached hydrogens (primary N) is 1. The molecule has 4 N–H and O–H groups in total. The number of nitrogen functional groups attached to an aromatic ring is 1. The molecule has 0 aliphatic rings. The summed E-state index contributed by atoms with van der Waals surface area (Å²) in [6.07, 6.45) is 0. The minimum absolute atomic E-state index is 0.0889. The van der Waals surface area contributed by atoms with E-state index in [1.807, 2.05) is 25.1 Å². The van der Waals surface area contributed by atoms with Gasteiger partial charge in [-0.2, -0.15) is 0 Å². The van der Waals surface area contributed by atoms with E-state index in [1.165, 1.54) is 0 Å². The fourth-order valence-corrected chi connectivity index (χ4v) is 2.01.